The van der Waals surface area contributed by atoms with Crippen LogP contribution in [0.2, 0.25) is 0 Å². The molecule has 0 saturated heterocycles. The molecule has 0 radical (unpaired) electrons. The molecule has 0 aliphatic heterocycles. The van der Waals surface area contributed by atoms with E-state index in [-0.39, 0.29) is 0 Å². The van der Waals surface area contributed by atoms with E-state index in [1.807, 2.05) is 24.3 Å². The maximum atomic E-state index is 10.3. The number of thiophene rings is 1. The second-order valence-corrected chi connectivity index (χ2v) is 11.5. The lowest BCUT2D eigenvalue weighted by Gasteiger charge is -2.15. The Morgan fingerprint density at radius 3 is 1.86 bits per heavy atom. The van der Waals surface area contributed by atoms with E-state index in [4.69, 9.17) is 0 Å². The van der Waals surface area contributed by atoms with Crippen LogP contribution < -0.4 is 0 Å². The van der Waals surface area contributed by atoms with Gasteiger partial charge < -0.3 is 4.57 Å². The van der Waals surface area contributed by atoms with Crippen LogP contribution in [0.1, 0.15) is 11.1 Å². The molecule has 0 bridgehead atoms. The van der Waals surface area contributed by atoms with E-state index in [1.54, 1.807) is 11.3 Å². The van der Waals surface area contributed by atoms with Gasteiger partial charge in [-0.3, -0.25) is 0 Å². The van der Waals surface area contributed by atoms with Crippen molar-refractivity contribution in [1.82, 2.24) is 4.57 Å². The Morgan fingerprint density at radius 1 is 0.500 bits per heavy atom. The third-order valence-corrected chi connectivity index (χ3v) is 9.24. The van der Waals surface area contributed by atoms with Crippen LogP contribution in [-0.2, 0) is 0 Å². The molecule has 42 heavy (non-hydrogen) atoms. The molecule has 0 saturated carbocycles. The molecule has 0 atom stereocenters. The van der Waals surface area contributed by atoms with Crippen LogP contribution >= 0.6 is 11.3 Å². The third kappa shape index (κ3) is 3.64. The highest BCUT2D eigenvalue weighted by atomic mass is 32.1. The number of nitriles is 2. The Kier molecular flexibility index (Phi) is 5.44. The normalized spacial score (nSPS) is 11.3. The van der Waals surface area contributed by atoms with E-state index < -0.39 is 0 Å². The lowest BCUT2D eigenvalue weighted by atomic mass is 9.94. The van der Waals surface area contributed by atoms with Gasteiger partial charge >= 0.3 is 0 Å². The number of aromatic nitrogens is 1. The minimum Gasteiger partial charge on any atom is -0.309 e. The fourth-order valence-electron chi connectivity index (χ4n) is 6.17. The van der Waals surface area contributed by atoms with Gasteiger partial charge in [0.25, 0.3) is 0 Å². The van der Waals surface area contributed by atoms with Crippen molar-refractivity contribution >= 4 is 53.3 Å². The van der Waals surface area contributed by atoms with E-state index in [1.165, 1.54) is 15.5 Å². The summed E-state index contributed by atoms with van der Waals surface area (Å²) in [5.74, 6) is 0. The summed E-state index contributed by atoms with van der Waals surface area (Å²) in [6, 6.07) is 48.5. The molecule has 0 spiro atoms. The van der Waals surface area contributed by atoms with Gasteiger partial charge in [-0.1, -0.05) is 72.8 Å². The predicted octanol–water partition coefficient (Wildman–Crippen LogP) is 10.2. The van der Waals surface area contributed by atoms with Crippen molar-refractivity contribution in [1.29, 1.82) is 10.5 Å². The summed E-state index contributed by atoms with van der Waals surface area (Å²) in [5.41, 5.74) is 8.60. The molecule has 194 valence electrons. The number of nitrogens with zero attached hydrogens (tertiary/aromatic N) is 3. The first-order chi connectivity index (χ1) is 20.7. The minimum absolute atomic E-state index is 0.626. The Bertz CT molecular complexity index is 2390. The summed E-state index contributed by atoms with van der Waals surface area (Å²) in [5, 5.41) is 24.4. The maximum absolute atomic E-state index is 10.3. The molecule has 2 aromatic heterocycles. The smallest absolute Gasteiger partial charge is 0.0998 e. The van der Waals surface area contributed by atoms with Crippen LogP contribution in [0.4, 0.5) is 0 Å². The van der Waals surface area contributed by atoms with Gasteiger partial charge in [0, 0.05) is 36.5 Å². The summed E-state index contributed by atoms with van der Waals surface area (Å²) in [6.07, 6.45) is 0. The SMILES string of the molecule is N#Cc1ccc2sc3ccc(-c4ccc(-c5ccccc5-n5c6ccccc6c6ccccc65)cc4C#N)cc3c2c1. The first-order valence-electron chi connectivity index (χ1n) is 13.7. The van der Waals surface area contributed by atoms with Gasteiger partial charge in [0.05, 0.1) is 40.0 Å². The van der Waals surface area contributed by atoms with Gasteiger partial charge in [0.1, 0.15) is 0 Å². The molecule has 8 aromatic rings. The molecule has 0 aliphatic rings. The van der Waals surface area contributed by atoms with Gasteiger partial charge in [-0.25, -0.2) is 0 Å². The zero-order valence-corrected chi connectivity index (χ0v) is 23.2. The Labute approximate surface area is 246 Å². The molecule has 4 heteroatoms. The topological polar surface area (TPSA) is 52.5 Å². The van der Waals surface area contributed by atoms with Crippen LogP contribution in [0.15, 0.2) is 127 Å². The van der Waals surface area contributed by atoms with E-state index in [2.05, 4.69) is 120 Å². The monoisotopic (exact) mass is 551 g/mol. The second kappa shape index (κ2) is 9.46. The van der Waals surface area contributed by atoms with Gasteiger partial charge in [-0.2, -0.15) is 10.5 Å². The molecule has 3 nitrogen and oxygen atoms in total. The molecule has 0 fully saturated rings. The maximum Gasteiger partial charge on any atom is 0.0998 e. The number of hydrogen-bond acceptors (Lipinski definition) is 3. The lowest BCUT2D eigenvalue weighted by Crippen LogP contribution is -1.97. The van der Waals surface area contributed by atoms with Crippen LogP contribution in [0.3, 0.4) is 0 Å². The summed E-state index contributed by atoms with van der Waals surface area (Å²) < 4.78 is 4.64. The summed E-state index contributed by atoms with van der Waals surface area (Å²) in [4.78, 5) is 0. The minimum atomic E-state index is 0.626. The first-order valence-corrected chi connectivity index (χ1v) is 14.5. The van der Waals surface area contributed by atoms with Crippen molar-refractivity contribution in [3.05, 3.63) is 139 Å². The van der Waals surface area contributed by atoms with E-state index in [0.717, 1.165) is 54.4 Å². The van der Waals surface area contributed by atoms with Crippen molar-refractivity contribution < 1.29 is 0 Å². The number of para-hydroxylation sites is 3. The zero-order valence-electron chi connectivity index (χ0n) is 22.4. The quantitative estimate of drug-likeness (QED) is 0.219. The van der Waals surface area contributed by atoms with E-state index >= 15 is 0 Å². The average molecular weight is 552 g/mol. The van der Waals surface area contributed by atoms with Crippen LogP contribution in [0.5, 0.6) is 0 Å². The molecule has 0 N–H and O–H groups in total. The molecular formula is C38H21N3S. The summed E-state index contributed by atoms with van der Waals surface area (Å²) in [6.45, 7) is 0. The molecule has 8 rings (SSSR count). The zero-order chi connectivity index (χ0) is 28.2. The predicted molar refractivity (Wildman–Crippen MR) is 174 cm³/mol. The van der Waals surface area contributed by atoms with Gasteiger partial charge in [0.2, 0.25) is 0 Å². The molecule has 6 aromatic carbocycles. The van der Waals surface area contributed by atoms with E-state index in [0.29, 0.717) is 11.1 Å². The van der Waals surface area contributed by atoms with Crippen LogP contribution in [-0.4, -0.2) is 4.57 Å². The number of rotatable bonds is 3. The molecule has 0 amide bonds. The van der Waals surface area contributed by atoms with Crippen LogP contribution in [0, 0.1) is 22.7 Å². The average Bonchev–Trinajstić information content (AvgIpc) is 3.59. The number of benzene rings is 6. The molecule has 0 aliphatic carbocycles. The standard InChI is InChI=1S/C38H21N3S/c39-22-24-13-17-37-32(19-24)33-21-26(15-18-38(33)42-37)28-16-14-25(20-27(28)23-40)29-7-1-4-10-34(29)41-35-11-5-2-8-30(35)31-9-3-6-12-36(31)41/h1-21H. The molecular weight excluding hydrogens is 531 g/mol. The van der Waals surface area contributed by atoms with Crippen molar-refractivity contribution in [3.8, 4) is 40.1 Å². The summed E-state index contributed by atoms with van der Waals surface area (Å²) >= 11 is 1.72. The van der Waals surface area contributed by atoms with Crippen LogP contribution in [0.25, 0.3) is 69.9 Å². The van der Waals surface area contributed by atoms with Gasteiger partial charge in [-0.15, -0.1) is 11.3 Å². The number of hydrogen-bond donors (Lipinski definition) is 0. The second-order valence-electron chi connectivity index (χ2n) is 10.4. The van der Waals surface area contributed by atoms with Gasteiger partial charge in [0.15, 0.2) is 0 Å². The third-order valence-electron chi connectivity index (χ3n) is 8.09. The Balaban J connectivity index is 1.30. The Hall–Kier alpha value is -5.68. The van der Waals surface area contributed by atoms with Crippen molar-refractivity contribution in [2.45, 2.75) is 0 Å². The lowest BCUT2D eigenvalue weighted by molar-refractivity contribution is 1.18. The Morgan fingerprint density at radius 2 is 1.12 bits per heavy atom. The number of fused-ring (bicyclic) bond motifs is 6. The van der Waals surface area contributed by atoms with Gasteiger partial charge in [-0.05, 0) is 71.3 Å². The highest BCUT2D eigenvalue weighted by molar-refractivity contribution is 7.25. The first kappa shape index (κ1) is 24.1. The van der Waals surface area contributed by atoms with Crippen molar-refractivity contribution in [2.75, 3.05) is 0 Å². The molecule has 0 unspecified atom stereocenters. The van der Waals surface area contributed by atoms with E-state index in [9.17, 15) is 10.5 Å². The summed E-state index contributed by atoms with van der Waals surface area (Å²) in [7, 11) is 0. The molecule has 2 heterocycles. The highest BCUT2D eigenvalue weighted by Crippen LogP contribution is 2.40. The van der Waals surface area contributed by atoms with Crippen molar-refractivity contribution in [2.24, 2.45) is 0 Å². The fourth-order valence-corrected chi connectivity index (χ4v) is 7.23. The van der Waals surface area contributed by atoms with Crippen molar-refractivity contribution in [3.63, 3.8) is 0 Å². The fraction of sp³-hybridized carbons (Fsp3) is 0. The highest BCUT2D eigenvalue weighted by Gasteiger charge is 2.17. The largest absolute Gasteiger partial charge is 0.309 e.